The van der Waals surface area contributed by atoms with Crippen molar-refractivity contribution in [1.29, 1.82) is 0 Å². The van der Waals surface area contributed by atoms with E-state index in [0.29, 0.717) is 35.1 Å². The highest BCUT2D eigenvalue weighted by Gasteiger charge is 2.66. The summed E-state index contributed by atoms with van der Waals surface area (Å²) in [5.41, 5.74) is 2.79. The van der Waals surface area contributed by atoms with E-state index in [-0.39, 0.29) is 58.7 Å². The minimum atomic E-state index is -4.64. The molecular formula is C41H45F3N6O3. The third kappa shape index (κ3) is 7.29. The van der Waals surface area contributed by atoms with Crippen LogP contribution >= 0.6 is 0 Å². The molecule has 12 heteroatoms. The number of piperidine rings is 1. The van der Waals surface area contributed by atoms with E-state index in [4.69, 9.17) is 5.10 Å². The number of ketones is 2. The largest absolute Gasteiger partial charge is 0.433 e. The van der Waals surface area contributed by atoms with E-state index in [1.807, 2.05) is 19.1 Å². The third-order valence-electron chi connectivity index (χ3n) is 11.6. The summed E-state index contributed by atoms with van der Waals surface area (Å²) in [6.45, 7) is 9.26. The molecule has 2 fully saturated rings. The Morgan fingerprint density at radius 2 is 1.74 bits per heavy atom. The van der Waals surface area contributed by atoms with Crippen LogP contribution in [0.3, 0.4) is 0 Å². The molecule has 0 unspecified atom stereocenters. The smallest absolute Gasteiger partial charge is 0.327 e. The first-order chi connectivity index (χ1) is 25.0. The molecule has 0 radical (unpaired) electrons. The minimum absolute atomic E-state index is 0.0692. The number of carbonyl (C=O) groups is 3. The van der Waals surface area contributed by atoms with Crippen LogP contribution in [0.2, 0.25) is 0 Å². The molecule has 53 heavy (non-hydrogen) atoms. The number of alkyl halides is 3. The van der Waals surface area contributed by atoms with Gasteiger partial charge in [0.2, 0.25) is 5.91 Å². The number of aromatic nitrogens is 5. The zero-order valence-electron chi connectivity index (χ0n) is 30.9. The minimum Gasteiger partial charge on any atom is -0.327 e. The van der Waals surface area contributed by atoms with E-state index < -0.39 is 17.9 Å². The number of benzene rings is 1. The molecule has 9 nitrogen and oxygen atoms in total. The van der Waals surface area contributed by atoms with Gasteiger partial charge in [0.15, 0.2) is 11.6 Å². The molecule has 7 rings (SSSR count). The summed E-state index contributed by atoms with van der Waals surface area (Å²) in [5, 5.41) is 5.34. The van der Waals surface area contributed by atoms with E-state index in [0.717, 1.165) is 61.3 Å². The maximum absolute atomic E-state index is 14.6. The molecule has 278 valence electrons. The summed E-state index contributed by atoms with van der Waals surface area (Å²) >= 11 is 0. The van der Waals surface area contributed by atoms with E-state index in [9.17, 15) is 27.6 Å². The molecule has 2 bridgehead atoms. The summed E-state index contributed by atoms with van der Waals surface area (Å²) in [4.78, 5) is 56.0. The Morgan fingerprint density at radius 3 is 2.45 bits per heavy atom. The lowest BCUT2D eigenvalue weighted by atomic mass is 9.80. The first-order valence-electron chi connectivity index (χ1n) is 18.4. The summed E-state index contributed by atoms with van der Waals surface area (Å²) < 4.78 is 42.3. The van der Waals surface area contributed by atoms with E-state index in [1.54, 1.807) is 28.9 Å². The summed E-state index contributed by atoms with van der Waals surface area (Å²) in [6, 6.07) is 5.24. The van der Waals surface area contributed by atoms with Gasteiger partial charge in [0.1, 0.15) is 23.8 Å². The molecule has 3 aliphatic rings. The number of carbonyl (C=O) groups excluding carboxylic acids is 3. The second-order valence-electron chi connectivity index (χ2n) is 16.0. The topological polar surface area (TPSA) is 111 Å². The summed E-state index contributed by atoms with van der Waals surface area (Å²) in [7, 11) is 0. The molecule has 1 amide bonds. The van der Waals surface area contributed by atoms with E-state index in [2.05, 4.69) is 41.0 Å². The summed E-state index contributed by atoms with van der Waals surface area (Å²) in [5.74, 6) is -0.229. The average Bonchev–Trinajstić information content (AvgIpc) is 3.49. The van der Waals surface area contributed by atoms with Gasteiger partial charge >= 0.3 is 6.18 Å². The summed E-state index contributed by atoms with van der Waals surface area (Å²) in [6.07, 6.45) is 9.36. The van der Waals surface area contributed by atoms with Crippen molar-refractivity contribution in [2.24, 2.45) is 10.8 Å². The molecule has 0 N–H and O–H groups in total. The van der Waals surface area contributed by atoms with Crippen LogP contribution in [0, 0.1) is 24.7 Å². The molecule has 3 atom stereocenters. The van der Waals surface area contributed by atoms with Crippen molar-refractivity contribution in [3.8, 4) is 11.1 Å². The van der Waals surface area contributed by atoms with Crippen molar-refractivity contribution in [3.63, 3.8) is 0 Å². The van der Waals surface area contributed by atoms with E-state index >= 15 is 0 Å². The Balaban J connectivity index is 1.30. The molecule has 1 saturated carbocycles. The number of rotatable bonds is 5. The molecule has 2 aliphatic heterocycles. The number of pyridine rings is 1. The second kappa shape index (κ2) is 13.6. The number of amides is 1. The Kier molecular flexibility index (Phi) is 9.39. The Bertz CT molecular complexity index is 2140. The van der Waals surface area contributed by atoms with Gasteiger partial charge in [-0.2, -0.15) is 18.3 Å². The third-order valence-corrected chi connectivity index (χ3v) is 11.6. The van der Waals surface area contributed by atoms with Crippen LogP contribution in [0.5, 0.6) is 0 Å². The number of Topliss-reactive ketones (excluding diaryl/α,β-unsaturated/α-hetero) is 2. The van der Waals surface area contributed by atoms with Crippen molar-refractivity contribution < 1.29 is 27.6 Å². The molecule has 4 aromatic rings. The van der Waals surface area contributed by atoms with Crippen LogP contribution in [-0.2, 0) is 35.2 Å². The highest BCUT2D eigenvalue weighted by atomic mass is 19.4. The van der Waals surface area contributed by atoms with Crippen molar-refractivity contribution in [2.45, 2.75) is 117 Å². The van der Waals surface area contributed by atoms with Gasteiger partial charge in [-0.1, -0.05) is 38.5 Å². The lowest BCUT2D eigenvalue weighted by molar-refractivity contribution is -0.141. The van der Waals surface area contributed by atoms with Gasteiger partial charge in [-0.25, -0.2) is 15.0 Å². The normalized spacial score (nSPS) is 23.8. The standard InChI is InChI=1S/C41H45F3N6O3/c1-24-11-12-34(41(42,43)44)47-31(24)18-33(52)32-19-40-15-9-14-39(4,5)13-8-6-7-10-27-16-28(29-21-45-26(3)46-22-29)17-30-37(25(2)51)48-49(38(27)30)23-36(53)50(32)35(40)20-40/h6-7,11-12,16-17,21-22,32,35H,8-10,13-15,18-20,23H2,1-5H3/b7-6+/t32-,35+,40-/m0/s1. The Morgan fingerprint density at radius 1 is 0.981 bits per heavy atom. The van der Waals surface area contributed by atoms with Crippen molar-refractivity contribution in [3.05, 3.63) is 82.8 Å². The fourth-order valence-electron chi connectivity index (χ4n) is 8.52. The highest BCUT2D eigenvalue weighted by molar-refractivity contribution is 6.07. The van der Waals surface area contributed by atoms with Crippen molar-refractivity contribution >= 4 is 28.4 Å². The number of nitrogens with zero attached hydrogens (tertiary/aromatic N) is 6. The van der Waals surface area contributed by atoms with Crippen LogP contribution in [0.4, 0.5) is 13.2 Å². The van der Waals surface area contributed by atoms with Gasteiger partial charge in [0.05, 0.1) is 23.7 Å². The number of aryl methyl sites for hydroxylation is 2. The van der Waals surface area contributed by atoms with E-state index in [1.165, 1.54) is 13.0 Å². The van der Waals surface area contributed by atoms with Crippen LogP contribution in [0.25, 0.3) is 22.0 Å². The first kappa shape index (κ1) is 36.6. The zero-order valence-corrected chi connectivity index (χ0v) is 30.9. The maximum atomic E-state index is 14.6. The maximum Gasteiger partial charge on any atom is 0.433 e. The van der Waals surface area contributed by atoms with Crippen LogP contribution in [0.1, 0.15) is 105 Å². The highest BCUT2D eigenvalue weighted by Crippen LogP contribution is 2.63. The fourth-order valence-corrected chi connectivity index (χ4v) is 8.52. The molecule has 0 spiro atoms. The number of hydrogen-bond donors (Lipinski definition) is 0. The molecule has 1 aromatic carbocycles. The zero-order chi connectivity index (χ0) is 37.9. The Hall–Kier alpha value is -4.74. The molecule has 1 aliphatic carbocycles. The quantitative estimate of drug-likeness (QED) is 0.152. The molecular weight excluding hydrogens is 681 g/mol. The number of halogens is 3. The SMILES string of the molecule is CC(=O)c1nn2c3c(cc(-c4cnc(C)nc4)cc13)C/C=C/CCC(C)(C)CCC[C@@]13C[C@@H](C(=O)Cc4nc(C(F)(F)F)ccc4C)N(C(=O)C2)[C@@H]1C3. The second-order valence-corrected chi connectivity index (χ2v) is 16.0. The van der Waals surface area contributed by atoms with Gasteiger partial charge in [0, 0.05) is 36.3 Å². The fraction of sp³-hybridized carbons (Fsp3) is 0.488. The monoisotopic (exact) mass is 726 g/mol. The lowest BCUT2D eigenvalue weighted by Gasteiger charge is -2.27. The number of hydrogen-bond acceptors (Lipinski definition) is 7. The van der Waals surface area contributed by atoms with Gasteiger partial charge in [-0.3, -0.25) is 19.1 Å². The van der Waals surface area contributed by atoms with Crippen LogP contribution in [0.15, 0.2) is 48.8 Å². The average molecular weight is 727 g/mol. The van der Waals surface area contributed by atoms with Gasteiger partial charge in [-0.15, -0.1) is 0 Å². The van der Waals surface area contributed by atoms with Crippen molar-refractivity contribution in [2.75, 3.05) is 0 Å². The van der Waals surface area contributed by atoms with Gasteiger partial charge in [0.25, 0.3) is 0 Å². The van der Waals surface area contributed by atoms with Crippen LogP contribution in [-0.4, -0.2) is 59.2 Å². The van der Waals surface area contributed by atoms with Gasteiger partial charge < -0.3 is 4.90 Å². The van der Waals surface area contributed by atoms with Crippen molar-refractivity contribution in [1.82, 2.24) is 29.6 Å². The van der Waals surface area contributed by atoms with Gasteiger partial charge in [-0.05, 0) is 105 Å². The van der Waals surface area contributed by atoms with Crippen LogP contribution < -0.4 is 0 Å². The predicted molar refractivity (Wildman–Crippen MR) is 194 cm³/mol. The Labute approximate surface area is 307 Å². The predicted octanol–water partition coefficient (Wildman–Crippen LogP) is 7.99. The lowest BCUT2D eigenvalue weighted by Crippen LogP contribution is -2.45. The molecule has 1 saturated heterocycles. The number of allylic oxidation sites excluding steroid dienone is 2. The first-order valence-corrected chi connectivity index (χ1v) is 18.4. The molecule has 3 aromatic heterocycles. The molecule has 5 heterocycles.